The molecule has 50 heavy (non-hydrogen) atoms. The first-order valence-electron chi connectivity index (χ1n) is 17.2. The number of nitrogens with zero attached hydrogens (tertiary/aromatic N) is 2. The largest absolute Gasteiger partial charge is 0.462 e. The Labute approximate surface area is 292 Å². The average molecular weight is 712 g/mol. The molecule has 5 atom stereocenters. The standard InChI is InChI=1S/C36H46FN5O7S/c1-5-25-17-36(25,34(46)40-50(47,48)27-12-13-27)39-32(44)28-16-26(41-19-23-10-6-8-22-9-7-11-24(20-41)30(22)23)21-42(28)33(45)31(35(2,3)4)38-18-29(43)49-15-14-37/h5-11,25-28,31,38H,1,12-21H2,2-4H3,(H,39,44)(H,40,46)/t25-,26-,28+,31-,36-/m1/s1. The zero-order chi connectivity index (χ0) is 36.0. The number of carbonyl (C=O) groups is 4. The van der Waals surface area contributed by atoms with Gasteiger partial charge in [-0.25, -0.2) is 12.8 Å². The number of halogens is 1. The highest BCUT2D eigenvalue weighted by molar-refractivity contribution is 7.91. The molecule has 1 saturated heterocycles. The van der Waals surface area contributed by atoms with Crippen molar-refractivity contribution in [2.45, 2.75) is 88.5 Å². The van der Waals surface area contributed by atoms with Gasteiger partial charge < -0.3 is 15.0 Å². The minimum absolute atomic E-state index is 0.179. The number of rotatable bonds is 13. The normalized spacial score (nSPS) is 25.5. The van der Waals surface area contributed by atoms with Crippen LogP contribution in [0.5, 0.6) is 0 Å². The summed E-state index contributed by atoms with van der Waals surface area (Å²) in [6, 6.07) is 10.2. The second-order valence-electron chi connectivity index (χ2n) is 15.0. The van der Waals surface area contributed by atoms with Gasteiger partial charge >= 0.3 is 5.97 Å². The Balaban J connectivity index is 1.27. The monoisotopic (exact) mass is 711 g/mol. The number of amides is 3. The van der Waals surface area contributed by atoms with Crippen molar-refractivity contribution in [3.05, 3.63) is 60.2 Å². The van der Waals surface area contributed by atoms with Crippen molar-refractivity contribution in [3.8, 4) is 0 Å². The number of sulfonamides is 1. The molecule has 6 rings (SSSR count). The van der Waals surface area contributed by atoms with E-state index < -0.39 is 74.6 Å². The van der Waals surface area contributed by atoms with Crippen LogP contribution in [0, 0.1) is 11.3 Å². The van der Waals surface area contributed by atoms with E-state index in [0.717, 1.165) is 16.5 Å². The molecule has 14 heteroatoms. The van der Waals surface area contributed by atoms with Gasteiger partial charge in [0.15, 0.2) is 0 Å². The van der Waals surface area contributed by atoms with Gasteiger partial charge in [0.05, 0.1) is 17.8 Å². The van der Waals surface area contributed by atoms with Crippen molar-refractivity contribution < 1.29 is 36.7 Å². The van der Waals surface area contributed by atoms with Gasteiger partial charge in [0.1, 0.15) is 24.9 Å². The van der Waals surface area contributed by atoms with Gasteiger partial charge in [0.2, 0.25) is 21.8 Å². The zero-order valence-corrected chi connectivity index (χ0v) is 29.6. The van der Waals surface area contributed by atoms with Gasteiger partial charge in [0, 0.05) is 31.6 Å². The number of benzene rings is 2. The molecule has 270 valence electrons. The number of nitrogens with one attached hydrogen (secondary N) is 3. The van der Waals surface area contributed by atoms with Crippen molar-refractivity contribution >= 4 is 44.5 Å². The highest BCUT2D eigenvalue weighted by atomic mass is 32.2. The number of alkyl halides is 1. The van der Waals surface area contributed by atoms with Crippen LogP contribution in [0.15, 0.2) is 49.1 Å². The molecule has 4 aliphatic rings. The zero-order valence-electron chi connectivity index (χ0n) is 28.7. The van der Waals surface area contributed by atoms with E-state index in [1.807, 2.05) is 32.9 Å². The third-order valence-electron chi connectivity index (χ3n) is 10.4. The van der Waals surface area contributed by atoms with Crippen LogP contribution >= 0.6 is 0 Å². The van der Waals surface area contributed by atoms with Crippen LogP contribution in [0.2, 0.25) is 0 Å². The molecule has 3 fully saturated rings. The SMILES string of the molecule is C=C[C@@H]1C[C@]1(NC(=O)[C@@H]1C[C@@H](N2Cc3cccc4cccc(c34)C2)CN1C(=O)[C@@H](NCC(=O)OCCF)C(C)(C)C)C(=O)NS(=O)(=O)C1CC1. The number of hydrogen-bond acceptors (Lipinski definition) is 9. The maximum Gasteiger partial charge on any atom is 0.320 e. The quantitative estimate of drug-likeness (QED) is 0.210. The molecule has 0 bridgehead atoms. The molecule has 0 unspecified atom stereocenters. The minimum Gasteiger partial charge on any atom is -0.462 e. The molecule has 2 aromatic carbocycles. The molecule has 0 aromatic heterocycles. The van der Waals surface area contributed by atoms with Gasteiger partial charge in [0.25, 0.3) is 5.91 Å². The first-order chi connectivity index (χ1) is 23.7. The van der Waals surface area contributed by atoms with E-state index in [2.05, 4.69) is 51.1 Å². The highest BCUT2D eigenvalue weighted by Gasteiger charge is 2.62. The Hall–Kier alpha value is -3.88. The third-order valence-corrected chi connectivity index (χ3v) is 12.2. The second kappa shape index (κ2) is 13.7. The summed E-state index contributed by atoms with van der Waals surface area (Å²) in [5, 5.41) is 7.57. The summed E-state index contributed by atoms with van der Waals surface area (Å²) >= 11 is 0. The molecule has 0 spiro atoms. The summed E-state index contributed by atoms with van der Waals surface area (Å²) in [6.45, 7) is 9.16. The Morgan fingerprint density at radius 2 is 1.76 bits per heavy atom. The lowest BCUT2D eigenvalue weighted by Gasteiger charge is -2.36. The maximum atomic E-state index is 14.5. The van der Waals surface area contributed by atoms with Crippen molar-refractivity contribution in [2.75, 3.05) is 26.4 Å². The van der Waals surface area contributed by atoms with Crippen LogP contribution in [-0.4, -0.2) is 97.2 Å². The summed E-state index contributed by atoms with van der Waals surface area (Å²) in [6.07, 6.45) is 2.91. The van der Waals surface area contributed by atoms with Crippen LogP contribution in [-0.2, 0) is 47.0 Å². The minimum atomic E-state index is -3.87. The Morgan fingerprint density at radius 1 is 1.10 bits per heavy atom. The van der Waals surface area contributed by atoms with Gasteiger partial charge in [-0.2, -0.15) is 0 Å². The fraction of sp³-hybridized carbons (Fsp3) is 0.556. The summed E-state index contributed by atoms with van der Waals surface area (Å²) in [4.78, 5) is 58.3. The summed E-state index contributed by atoms with van der Waals surface area (Å²) in [5.41, 5.74) is 0.0830. The smallest absolute Gasteiger partial charge is 0.320 e. The van der Waals surface area contributed by atoms with Gasteiger partial charge in [-0.1, -0.05) is 63.2 Å². The van der Waals surface area contributed by atoms with Crippen LogP contribution in [0.25, 0.3) is 10.8 Å². The number of esters is 1. The van der Waals surface area contributed by atoms with E-state index in [1.165, 1.54) is 16.4 Å². The molecule has 2 aromatic rings. The van der Waals surface area contributed by atoms with Gasteiger partial charge in [-0.15, -0.1) is 6.58 Å². The number of carbonyl (C=O) groups excluding carboxylic acids is 4. The molecule has 3 amide bonds. The van der Waals surface area contributed by atoms with E-state index in [-0.39, 0.29) is 38.6 Å². The van der Waals surface area contributed by atoms with Crippen molar-refractivity contribution in [1.29, 1.82) is 0 Å². The molecule has 2 heterocycles. The van der Waals surface area contributed by atoms with Gasteiger partial charge in [-0.05, 0) is 53.0 Å². The fourth-order valence-electron chi connectivity index (χ4n) is 7.43. The molecular weight excluding hydrogens is 665 g/mol. The number of likely N-dealkylation sites (tertiary alicyclic amines) is 1. The second-order valence-corrected chi connectivity index (χ2v) is 17.0. The molecule has 2 aliphatic heterocycles. The van der Waals surface area contributed by atoms with Crippen molar-refractivity contribution in [2.24, 2.45) is 11.3 Å². The third kappa shape index (κ3) is 7.15. The molecular formula is C36H46FN5O7S. The highest BCUT2D eigenvalue weighted by Crippen LogP contribution is 2.46. The Kier molecular flexibility index (Phi) is 9.83. The van der Waals surface area contributed by atoms with Crippen molar-refractivity contribution in [3.63, 3.8) is 0 Å². The molecule has 0 radical (unpaired) electrons. The first kappa shape index (κ1) is 35.9. The Bertz CT molecular complexity index is 1770. The molecule has 2 aliphatic carbocycles. The summed E-state index contributed by atoms with van der Waals surface area (Å²) in [7, 11) is -3.87. The van der Waals surface area contributed by atoms with Crippen LogP contribution in [0.1, 0.15) is 57.6 Å². The molecule has 2 saturated carbocycles. The first-order valence-corrected chi connectivity index (χ1v) is 18.7. The number of hydrogen-bond donors (Lipinski definition) is 3. The van der Waals surface area contributed by atoms with Crippen LogP contribution < -0.4 is 15.4 Å². The van der Waals surface area contributed by atoms with Crippen LogP contribution in [0.4, 0.5) is 4.39 Å². The molecule has 12 nitrogen and oxygen atoms in total. The predicted molar refractivity (Wildman–Crippen MR) is 185 cm³/mol. The van der Waals surface area contributed by atoms with E-state index >= 15 is 0 Å². The lowest BCUT2D eigenvalue weighted by Crippen LogP contribution is -2.60. The lowest BCUT2D eigenvalue weighted by atomic mass is 9.85. The average Bonchev–Trinajstić information content (AvgIpc) is 3.99. The van der Waals surface area contributed by atoms with E-state index in [4.69, 9.17) is 4.74 Å². The van der Waals surface area contributed by atoms with E-state index in [0.29, 0.717) is 25.9 Å². The van der Waals surface area contributed by atoms with Crippen molar-refractivity contribution in [1.82, 2.24) is 25.2 Å². The summed E-state index contributed by atoms with van der Waals surface area (Å²) in [5.74, 6) is -2.99. The topological polar surface area (TPSA) is 154 Å². The van der Waals surface area contributed by atoms with Crippen LogP contribution in [0.3, 0.4) is 0 Å². The van der Waals surface area contributed by atoms with Gasteiger partial charge in [-0.3, -0.25) is 34.1 Å². The predicted octanol–water partition coefficient (Wildman–Crippen LogP) is 2.31. The fourth-order valence-corrected chi connectivity index (χ4v) is 8.79. The van der Waals surface area contributed by atoms with E-state index in [1.54, 1.807) is 0 Å². The maximum absolute atomic E-state index is 14.5. The number of ether oxygens (including phenoxy) is 1. The summed E-state index contributed by atoms with van der Waals surface area (Å²) < 4.78 is 45.0. The van der Waals surface area contributed by atoms with E-state index in [9.17, 15) is 32.0 Å². The Morgan fingerprint density at radius 3 is 2.32 bits per heavy atom. The molecule has 3 N–H and O–H groups in total. The lowest BCUT2D eigenvalue weighted by molar-refractivity contribution is -0.145.